The summed E-state index contributed by atoms with van der Waals surface area (Å²) in [6, 6.07) is 0.0162. The van der Waals surface area contributed by atoms with E-state index in [2.05, 4.69) is 15.3 Å². The second-order valence-electron chi connectivity index (χ2n) is 5.13. The number of nitrogens with one attached hydrogen (secondary N) is 1. The van der Waals surface area contributed by atoms with Crippen LogP contribution in [0.15, 0.2) is 24.0 Å². The summed E-state index contributed by atoms with van der Waals surface area (Å²) in [7, 11) is 1.97. The zero-order valence-electron chi connectivity index (χ0n) is 12.8. The summed E-state index contributed by atoms with van der Waals surface area (Å²) in [4.78, 5) is 23.1. The minimum Gasteiger partial charge on any atom is -0.336 e. The van der Waals surface area contributed by atoms with E-state index in [9.17, 15) is 4.79 Å². The summed E-state index contributed by atoms with van der Waals surface area (Å²) < 4.78 is 1.98. The van der Waals surface area contributed by atoms with Crippen molar-refractivity contribution >= 4 is 42.1 Å². The van der Waals surface area contributed by atoms with Crippen molar-refractivity contribution in [3.63, 3.8) is 0 Å². The van der Waals surface area contributed by atoms with Crippen LogP contribution >= 0.6 is 36.2 Å². The number of hydrogen-bond donors (Lipinski definition) is 1. The highest BCUT2D eigenvalue weighted by molar-refractivity contribution is 7.09. The molecule has 1 atom stereocenters. The van der Waals surface area contributed by atoms with Gasteiger partial charge in [-0.3, -0.25) is 4.79 Å². The van der Waals surface area contributed by atoms with Crippen molar-refractivity contribution < 1.29 is 4.79 Å². The normalized spacial score (nSPS) is 17.3. The number of halogens is 2. The Kier molecular flexibility index (Phi) is 7.98. The van der Waals surface area contributed by atoms with Gasteiger partial charge in [-0.25, -0.2) is 9.97 Å². The number of carbonyl (C=O) groups excluding carboxylic acids is 1. The molecular formula is C14H21Cl2N5OS. The Bertz CT molecular complexity index is 604. The number of hydrogen-bond acceptors (Lipinski definition) is 5. The molecule has 1 aliphatic heterocycles. The Morgan fingerprint density at radius 1 is 1.39 bits per heavy atom. The molecule has 1 amide bonds. The van der Waals surface area contributed by atoms with Gasteiger partial charge in [-0.1, -0.05) is 0 Å². The fourth-order valence-corrected chi connectivity index (χ4v) is 3.29. The summed E-state index contributed by atoms with van der Waals surface area (Å²) >= 11 is 1.60. The average Bonchev–Trinajstić information content (AvgIpc) is 3.16. The Labute approximate surface area is 152 Å². The number of nitrogens with zero attached hydrogens (tertiary/aromatic N) is 4. The molecule has 0 aliphatic carbocycles. The minimum atomic E-state index is 0. The van der Waals surface area contributed by atoms with Crippen LogP contribution in [0.2, 0.25) is 0 Å². The zero-order chi connectivity index (χ0) is 14.7. The standard InChI is InChI=1S/C14H19N5OS.2ClH/c1-18-7-5-17-14(18)11-10-15-4-8-19(11)13(20)3-2-12-16-6-9-21-12;;/h5-7,9,11,15H,2-4,8,10H2,1H3;2*1H. The number of carbonyl (C=O) groups is 1. The summed E-state index contributed by atoms with van der Waals surface area (Å²) in [5.41, 5.74) is 0. The second-order valence-corrected chi connectivity index (χ2v) is 6.11. The van der Waals surface area contributed by atoms with Crippen LogP contribution in [0.3, 0.4) is 0 Å². The number of amides is 1. The molecule has 2 aromatic heterocycles. The summed E-state index contributed by atoms with van der Waals surface area (Å²) in [5.74, 6) is 1.12. The molecule has 0 radical (unpaired) electrons. The van der Waals surface area contributed by atoms with Crippen molar-refractivity contribution in [2.75, 3.05) is 19.6 Å². The van der Waals surface area contributed by atoms with Gasteiger partial charge >= 0.3 is 0 Å². The lowest BCUT2D eigenvalue weighted by atomic mass is 10.1. The minimum absolute atomic E-state index is 0. The van der Waals surface area contributed by atoms with Crippen LogP contribution in [0.4, 0.5) is 0 Å². The third kappa shape index (κ3) is 4.67. The molecule has 6 nitrogen and oxygen atoms in total. The Balaban J connectivity index is 0.00000132. The lowest BCUT2D eigenvalue weighted by Gasteiger charge is -2.35. The van der Waals surface area contributed by atoms with E-state index in [1.54, 1.807) is 23.7 Å². The molecule has 1 N–H and O–H groups in total. The monoisotopic (exact) mass is 377 g/mol. The average molecular weight is 378 g/mol. The van der Waals surface area contributed by atoms with Gasteiger partial charge in [-0.15, -0.1) is 36.2 Å². The first-order valence-electron chi connectivity index (χ1n) is 7.11. The molecule has 23 heavy (non-hydrogen) atoms. The van der Waals surface area contributed by atoms with Crippen molar-refractivity contribution in [1.82, 2.24) is 24.8 Å². The maximum absolute atomic E-state index is 12.5. The molecule has 1 saturated heterocycles. The highest BCUT2D eigenvalue weighted by atomic mass is 35.5. The fraction of sp³-hybridized carbons (Fsp3) is 0.500. The third-order valence-electron chi connectivity index (χ3n) is 3.76. The summed E-state index contributed by atoms with van der Waals surface area (Å²) in [6.45, 7) is 2.33. The molecule has 128 valence electrons. The maximum atomic E-state index is 12.5. The van der Waals surface area contributed by atoms with Crippen LogP contribution in [0.5, 0.6) is 0 Å². The van der Waals surface area contributed by atoms with E-state index in [0.717, 1.165) is 30.5 Å². The van der Waals surface area contributed by atoms with Crippen LogP contribution in [0, 0.1) is 0 Å². The van der Waals surface area contributed by atoms with E-state index < -0.39 is 0 Å². The second kappa shape index (κ2) is 9.22. The lowest BCUT2D eigenvalue weighted by molar-refractivity contribution is -0.134. The van der Waals surface area contributed by atoms with E-state index >= 15 is 0 Å². The molecule has 0 spiro atoms. The van der Waals surface area contributed by atoms with Crippen LogP contribution < -0.4 is 5.32 Å². The SMILES string of the molecule is Cl.Cl.Cn1ccnc1C1CNCCN1C(=O)CCc1nccs1. The van der Waals surface area contributed by atoms with Gasteiger partial charge in [0.1, 0.15) is 11.9 Å². The van der Waals surface area contributed by atoms with Crippen molar-refractivity contribution in [3.8, 4) is 0 Å². The summed E-state index contributed by atoms with van der Waals surface area (Å²) in [6.07, 6.45) is 6.71. The number of piperazine rings is 1. The highest BCUT2D eigenvalue weighted by Crippen LogP contribution is 2.21. The highest BCUT2D eigenvalue weighted by Gasteiger charge is 2.30. The van der Waals surface area contributed by atoms with Crippen LogP contribution in [0.25, 0.3) is 0 Å². The van der Waals surface area contributed by atoms with Crippen molar-refractivity contribution in [2.45, 2.75) is 18.9 Å². The largest absolute Gasteiger partial charge is 0.336 e. The van der Waals surface area contributed by atoms with Gasteiger partial charge in [0, 0.05) is 63.5 Å². The molecule has 9 heteroatoms. The maximum Gasteiger partial charge on any atom is 0.223 e. The van der Waals surface area contributed by atoms with Gasteiger partial charge in [0.25, 0.3) is 0 Å². The number of thiazole rings is 1. The summed E-state index contributed by atoms with van der Waals surface area (Å²) in [5, 5.41) is 6.31. The van der Waals surface area contributed by atoms with E-state index in [1.165, 1.54) is 0 Å². The molecule has 1 unspecified atom stereocenters. The fourth-order valence-electron chi connectivity index (χ4n) is 2.67. The first-order chi connectivity index (χ1) is 10.3. The van der Waals surface area contributed by atoms with Gasteiger partial charge in [-0.05, 0) is 0 Å². The van der Waals surface area contributed by atoms with Gasteiger partial charge in [-0.2, -0.15) is 0 Å². The van der Waals surface area contributed by atoms with Gasteiger partial charge in [0.15, 0.2) is 0 Å². The molecule has 2 aromatic rings. The molecule has 3 heterocycles. The first-order valence-corrected chi connectivity index (χ1v) is 7.99. The molecule has 0 aromatic carbocycles. The van der Waals surface area contributed by atoms with E-state index in [1.807, 2.05) is 28.1 Å². The Morgan fingerprint density at radius 2 is 2.22 bits per heavy atom. The zero-order valence-corrected chi connectivity index (χ0v) is 15.3. The number of rotatable bonds is 4. The number of imidazole rings is 1. The quantitative estimate of drug-likeness (QED) is 0.882. The van der Waals surface area contributed by atoms with Crippen molar-refractivity contribution in [1.29, 1.82) is 0 Å². The third-order valence-corrected chi connectivity index (χ3v) is 4.60. The van der Waals surface area contributed by atoms with E-state index in [4.69, 9.17) is 0 Å². The van der Waals surface area contributed by atoms with Crippen LogP contribution in [-0.4, -0.2) is 45.0 Å². The molecular weight excluding hydrogens is 357 g/mol. The topological polar surface area (TPSA) is 63.1 Å². The molecule has 0 saturated carbocycles. The number of aryl methyl sites for hydroxylation is 2. The van der Waals surface area contributed by atoms with Crippen molar-refractivity contribution in [3.05, 3.63) is 34.8 Å². The van der Waals surface area contributed by atoms with Crippen molar-refractivity contribution in [2.24, 2.45) is 7.05 Å². The predicted octanol–water partition coefficient (Wildman–Crippen LogP) is 1.83. The van der Waals surface area contributed by atoms with Gasteiger partial charge in [0.05, 0.1) is 5.01 Å². The number of aromatic nitrogens is 3. The van der Waals surface area contributed by atoms with Crippen LogP contribution in [-0.2, 0) is 18.3 Å². The predicted molar refractivity (Wildman–Crippen MR) is 95.5 cm³/mol. The Hall–Kier alpha value is -1.15. The Morgan fingerprint density at radius 3 is 2.87 bits per heavy atom. The van der Waals surface area contributed by atoms with E-state index in [0.29, 0.717) is 12.8 Å². The molecule has 0 bridgehead atoms. The van der Waals surface area contributed by atoms with Gasteiger partial charge < -0.3 is 14.8 Å². The van der Waals surface area contributed by atoms with Gasteiger partial charge in [0.2, 0.25) is 5.91 Å². The molecule has 1 aliphatic rings. The smallest absolute Gasteiger partial charge is 0.223 e. The first kappa shape index (κ1) is 19.9. The molecule has 1 fully saturated rings. The van der Waals surface area contributed by atoms with Crippen LogP contribution in [0.1, 0.15) is 23.3 Å². The lowest BCUT2D eigenvalue weighted by Crippen LogP contribution is -2.49. The molecule has 3 rings (SSSR count). The van der Waals surface area contributed by atoms with E-state index in [-0.39, 0.29) is 36.8 Å².